The Hall–Kier alpha value is -2.50. The Bertz CT molecular complexity index is 920. The number of fused-ring (bicyclic) bond motifs is 1. The molecule has 28 heavy (non-hydrogen) atoms. The molecule has 0 bridgehead atoms. The van der Waals surface area contributed by atoms with Crippen LogP contribution in [0.15, 0.2) is 67.3 Å². The molecule has 5 heteroatoms. The van der Waals surface area contributed by atoms with Crippen molar-refractivity contribution in [1.82, 2.24) is 9.88 Å². The van der Waals surface area contributed by atoms with Crippen LogP contribution in [0.1, 0.15) is 30.3 Å². The SMILES string of the molecule is C=CCN(C(=O)CN1CCCC[C@@H]1c1nc2ccccc2s1)c1ccccc1. The normalized spacial score (nSPS) is 17.5. The van der Waals surface area contributed by atoms with Crippen LogP contribution in [-0.2, 0) is 4.79 Å². The summed E-state index contributed by atoms with van der Waals surface area (Å²) in [6.45, 7) is 5.68. The predicted molar refractivity (Wildman–Crippen MR) is 117 cm³/mol. The number of para-hydroxylation sites is 2. The number of aromatic nitrogens is 1. The maximum absolute atomic E-state index is 13.2. The second-order valence-corrected chi connectivity index (χ2v) is 8.19. The van der Waals surface area contributed by atoms with Gasteiger partial charge in [-0.15, -0.1) is 17.9 Å². The number of carbonyl (C=O) groups excluding carboxylic acids is 1. The minimum atomic E-state index is 0.110. The largest absolute Gasteiger partial charge is 0.308 e. The molecule has 1 fully saturated rings. The second-order valence-electron chi connectivity index (χ2n) is 7.13. The minimum absolute atomic E-state index is 0.110. The first kappa shape index (κ1) is 18.8. The van der Waals surface area contributed by atoms with E-state index in [0.717, 1.165) is 35.6 Å². The molecule has 0 unspecified atom stereocenters. The molecule has 0 spiro atoms. The Balaban J connectivity index is 1.55. The minimum Gasteiger partial charge on any atom is -0.308 e. The zero-order valence-electron chi connectivity index (χ0n) is 16.0. The van der Waals surface area contributed by atoms with Crippen LogP contribution < -0.4 is 4.90 Å². The quantitative estimate of drug-likeness (QED) is 0.552. The van der Waals surface area contributed by atoms with Gasteiger partial charge in [0.1, 0.15) is 5.01 Å². The van der Waals surface area contributed by atoms with Crippen molar-refractivity contribution < 1.29 is 4.79 Å². The van der Waals surface area contributed by atoms with Gasteiger partial charge in [0.05, 0.1) is 22.8 Å². The predicted octanol–water partition coefficient (Wildman–Crippen LogP) is 5.04. The summed E-state index contributed by atoms with van der Waals surface area (Å²) in [5, 5.41) is 1.13. The van der Waals surface area contributed by atoms with Crippen LogP contribution >= 0.6 is 11.3 Å². The molecule has 1 atom stereocenters. The van der Waals surface area contributed by atoms with Crippen LogP contribution in [0.4, 0.5) is 5.69 Å². The van der Waals surface area contributed by atoms with Crippen LogP contribution in [-0.4, -0.2) is 35.4 Å². The van der Waals surface area contributed by atoms with E-state index in [1.165, 1.54) is 11.1 Å². The van der Waals surface area contributed by atoms with E-state index >= 15 is 0 Å². The Morgan fingerprint density at radius 2 is 1.96 bits per heavy atom. The fourth-order valence-electron chi connectivity index (χ4n) is 3.84. The molecule has 4 rings (SSSR count). The molecule has 0 saturated carbocycles. The molecule has 1 aliphatic heterocycles. The number of piperidine rings is 1. The van der Waals surface area contributed by atoms with E-state index in [2.05, 4.69) is 29.7 Å². The van der Waals surface area contributed by atoms with Gasteiger partial charge in [-0.05, 0) is 43.7 Å². The maximum atomic E-state index is 13.2. The van der Waals surface area contributed by atoms with Gasteiger partial charge in [-0.3, -0.25) is 9.69 Å². The van der Waals surface area contributed by atoms with Gasteiger partial charge >= 0.3 is 0 Å². The summed E-state index contributed by atoms with van der Waals surface area (Å²) in [6.07, 6.45) is 5.15. The number of rotatable bonds is 6. The first-order valence-electron chi connectivity index (χ1n) is 9.82. The van der Waals surface area contributed by atoms with E-state index in [1.807, 2.05) is 41.3 Å². The molecule has 144 valence electrons. The van der Waals surface area contributed by atoms with Crippen molar-refractivity contribution in [2.45, 2.75) is 25.3 Å². The molecule has 1 aromatic heterocycles. The second kappa shape index (κ2) is 8.67. The smallest absolute Gasteiger partial charge is 0.241 e. The third kappa shape index (κ3) is 4.01. The average molecular weight is 392 g/mol. The zero-order valence-corrected chi connectivity index (χ0v) is 16.8. The number of thiazole rings is 1. The lowest BCUT2D eigenvalue weighted by molar-refractivity contribution is -0.120. The first-order chi connectivity index (χ1) is 13.8. The monoisotopic (exact) mass is 391 g/mol. The molecule has 0 radical (unpaired) electrons. The van der Waals surface area contributed by atoms with E-state index in [9.17, 15) is 4.79 Å². The van der Waals surface area contributed by atoms with E-state index in [4.69, 9.17) is 4.98 Å². The van der Waals surface area contributed by atoms with Crippen molar-refractivity contribution in [2.24, 2.45) is 0 Å². The number of hydrogen-bond acceptors (Lipinski definition) is 4. The van der Waals surface area contributed by atoms with Crippen LogP contribution in [0.2, 0.25) is 0 Å². The Morgan fingerprint density at radius 1 is 1.18 bits per heavy atom. The Kier molecular flexibility index (Phi) is 5.84. The summed E-state index contributed by atoms with van der Waals surface area (Å²) in [6, 6.07) is 18.3. The Labute approximate surface area is 170 Å². The highest BCUT2D eigenvalue weighted by molar-refractivity contribution is 7.18. The van der Waals surface area contributed by atoms with Gasteiger partial charge in [0.25, 0.3) is 0 Å². The Morgan fingerprint density at radius 3 is 2.75 bits per heavy atom. The van der Waals surface area contributed by atoms with Crippen molar-refractivity contribution in [1.29, 1.82) is 0 Å². The lowest BCUT2D eigenvalue weighted by atomic mass is 10.0. The molecule has 2 heterocycles. The molecule has 2 aromatic carbocycles. The third-order valence-corrected chi connectivity index (χ3v) is 6.37. The highest BCUT2D eigenvalue weighted by Crippen LogP contribution is 2.35. The zero-order chi connectivity index (χ0) is 19.3. The molecule has 1 amide bonds. The molecule has 1 saturated heterocycles. The number of amides is 1. The fourth-order valence-corrected chi connectivity index (χ4v) is 4.98. The van der Waals surface area contributed by atoms with Crippen molar-refractivity contribution in [3.63, 3.8) is 0 Å². The molecule has 0 aliphatic carbocycles. The molecule has 4 nitrogen and oxygen atoms in total. The van der Waals surface area contributed by atoms with Gasteiger partial charge in [0.2, 0.25) is 5.91 Å². The number of anilines is 1. The van der Waals surface area contributed by atoms with E-state index in [1.54, 1.807) is 17.4 Å². The van der Waals surface area contributed by atoms with Gasteiger partial charge in [-0.2, -0.15) is 0 Å². The van der Waals surface area contributed by atoms with Crippen LogP contribution in [0, 0.1) is 0 Å². The standard InChI is InChI=1S/C23H25N3OS/c1-2-15-26(18-10-4-3-5-11-18)22(27)17-25-16-9-8-13-20(25)23-24-19-12-6-7-14-21(19)28-23/h2-7,10-12,14,20H,1,8-9,13,15-17H2/t20-/m1/s1. The molecule has 3 aromatic rings. The summed E-state index contributed by atoms with van der Waals surface area (Å²) in [5.74, 6) is 0.110. The number of nitrogens with zero attached hydrogens (tertiary/aromatic N) is 3. The molecule has 1 aliphatic rings. The van der Waals surface area contributed by atoms with Crippen LogP contribution in [0.5, 0.6) is 0 Å². The van der Waals surface area contributed by atoms with E-state index < -0.39 is 0 Å². The van der Waals surface area contributed by atoms with E-state index in [-0.39, 0.29) is 11.9 Å². The number of carbonyl (C=O) groups is 1. The number of likely N-dealkylation sites (tertiary alicyclic amines) is 1. The van der Waals surface area contributed by atoms with Crippen molar-refractivity contribution in [3.05, 3.63) is 72.3 Å². The van der Waals surface area contributed by atoms with Gasteiger partial charge < -0.3 is 4.90 Å². The summed E-state index contributed by atoms with van der Waals surface area (Å²) < 4.78 is 1.21. The summed E-state index contributed by atoms with van der Waals surface area (Å²) >= 11 is 1.76. The van der Waals surface area contributed by atoms with Crippen molar-refractivity contribution in [3.8, 4) is 0 Å². The van der Waals surface area contributed by atoms with Crippen molar-refractivity contribution >= 4 is 33.1 Å². The maximum Gasteiger partial charge on any atom is 0.241 e. The summed E-state index contributed by atoms with van der Waals surface area (Å²) in [5.41, 5.74) is 1.97. The third-order valence-electron chi connectivity index (χ3n) is 5.23. The summed E-state index contributed by atoms with van der Waals surface area (Å²) in [7, 11) is 0. The first-order valence-corrected chi connectivity index (χ1v) is 10.6. The van der Waals surface area contributed by atoms with Gasteiger partial charge in [0, 0.05) is 12.2 Å². The summed E-state index contributed by atoms with van der Waals surface area (Å²) in [4.78, 5) is 22.2. The van der Waals surface area contributed by atoms with Crippen LogP contribution in [0.3, 0.4) is 0 Å². The highest BCUT2D eigenvalue weighted by Gasteiger charge is 2.29. The van der Waals surface area contributed by atoms with Gasteiger partial charge in [-0.25, -0.2) is 4.98 Å². The topological polar surface area (TPSA) is 36.4 Å². The number of hydrogen-bond donors (Lipinski definition) is 0. The molecular formula is C23H25N3OS. The van der Waals surface area contributed by atoms with Crippen LogP contribution in [0.25, 0.3) is 10.2 Å². The van der Waals surface area contributed by atoms with Gasteiger partial charge in [0.15, 0.2) is 0 Å². The van der Waals surface area contributed by atoms with Crippen molar-refractivity contribution in [2.75, 3.05) is 24.5 Å². The highest BCUT2D eigenvalue weighted by atomic mass is 32.1. The molecular weight excluding hydrogens is 366 g/mol. The molecule has 0 N–H and O–H groups in total. The average Bonchev–Trinajstić information content (AvgIpc) is 3.17. The number of benzene rings is 2. The fraction of sp³-hybridized carbons (Fsp3) is 0.304. The lowest BCUT2D eigenvalue weighted by Gasteiger charge is -2.35. The van der Waals surface area contributed by atoms with Gasteiger partial charge in [-0.1, -0.05) is 42.8 Å². The lowest BCUT2D eigenvalue weighted by Crippen LogP contribution is -2.43. The van der Waals surface area contributed by atoms with E-state index in [0.29, 0.717) is 13.1 Å².